The molecule has 1 fully saturated rings. The Morgan fingerprint density at radius 2 is 1.88 bits per heavy atom. The fourth-order valence-corrected chi connectivity index (χ4v) is 3.83. The number of nitrogens with zero attached hydrogens (tertiary/aromatic N) is 4. The Bertz CT molecular complexity index is 856. The molecule has 1 N–H and O–H groups in total. The molecule has 1 aliphatic rings. The van der Waals surface area contributed by atoms with E-state index < -0.39 is 0 Å². The molecule has 0 radical (unpaired) electrons. The van der Waals surface area contributed by atoms with Gasteiger partial charge in [-0.1, -0.05) is 23.7 Å². The third-order valence-corrected chi connectivity index (χ3v) is 5.51. The summed E-state index contributed by atoms with van der Waals surface area (Å²) in [5, 5.41) is 8.64. The maximum absolute atomic E-state index is 5.96. The number of benzene rings is 1. The van der Waals surface area contributed by atoms with Gasteiger partial charge in [-0.05, 0) is 58.6 Å². The molecule has 25 heavy (non-hydrogen) atoms. The van der Waals surface area contributed by atoms with Crippen molar-refractivity contribution in [2.75, 3.05) is 18.4 Å². The van der Waals surface area contributed by atoms with Crippen LogP contribution in [0.1, 0.15) is 18.4 Å². The van der Waals surface area contributed by atoms with Gasteiger partial charge >= 0.3 is 0 Å². The second kappa shape index (κ2) is 7.32. The third kappa shape index (κ3) is 3.81. The molecule has 4 rings (SSSR count). The van der Waals surface area contributed by atoms with Gasteiger partial charge in [-0.25, -0.2) is 9.50 Å². The molecule has 1 saturated heterocycles. The molecule has 3 aromatic rings. The van der Waals surface area contributed by atoms with Crippen molar-refractivity contribution < 1.29 is 0 Å². The molecule has 1 aromatic carbocycles. The Hall–Kier alpha value is -1.63. The fraction of sp³-hybridized carbons (Fsp3) is 0.333. The van der Waals surface area contributed by atoms with Crippen LogP contribution in [-0.2, 0) is 6.54 Å². The van der Waals surface area contributed by atoms with Crippen molar-refractivity contribution in [1.82, 2.24) is 19.5 Å². The van der Waals surface area contributed by atoms with Crippen molar-refractivity contribution in [1.29, 1.82) is 0 Å². The summed E-state index contributed by atoms with van der Waals surface area (Å²) >= 11 is 9.46. The summed E-state index contributed by atoms with van der Waals surface area (Å²) in [4.78, 5) is 6.91. The molecule has 0 spiro atoms. The number of nitrogens with one attached hydrogen (secondary N) is 1. The first kappa shape index (κ1) is 16.8. The van der Waals surface area contributed by atoms with Crippen LogP contribution in [0.4, 0.5) is 5.82 Å². The Labute approximate surface area is 160 Å². The van der Waals surface area contributed by atoms with Crippen LogP contribution in [0, 0.1) is 0 Å². The Balaban J connectivity index is 1.36. The van der Waals surface area contributed by atoms with Crippen LogP contribution < -0.4 is 5.32 Å². The number of halogens is 2. The van der Waals surface area contributed by atoms with Crippen LogP contribution >= 0.6 is 27.5 Å². The number of piperidine rings is 1. The first-order valence-corrected chi connectivity index (χ1v) is 9.58. The van der Waals surface area contributed by atoms with Gasteiger partial charge in [-0.3, -0.25) is 4.90 Å². The first-order chi connectivity index (χ1) is 12.2. The van der Waals surface area contributed by atoms with Crippen molar-refractivity contribution in [3.63, 3.8) is 0 Å². The molecular weight excluding hydrogens is 402 g/mol. The number of rotatable bonds is 4. The zero-order chi connectivity index (χ0) is 17.2. The lowest BCUT2D eigenvalue weighted by molar-refractivity contribution is 0.211. The number of aromatic nitrogens is 3. The van der Waals surface area contributed by atoms with Gasteiger partial charge in [0, 0.05) is 30.7 Å². The van der Waals surface area contributed by atoms with Gasteiger partial charge in [0.05, 0.1) is 0 Å². The van der Waals surface area contributed by atoms with Crippen LogP contribution in [0.5, 0.6) is 0 Å². The van der Waals surface area contributed by atoms with Gasteiger partial charge in [0.15, 0.2) is 5.82 Å². The van der Waals surface area contributed by atoms with Crippen molar-refractivity contribution >= 4 is 38.9 Å². The van der Waals surface area contributed by atoms with Crippen LogP contribution in [0.25, 0.3) is 5.52 Å². The van der Waals surface area contributed by atoms with E-state index >= 15 is 0 Å². The molecular formula is C18H19BrClN5. The normalized spacial score (nSPS) is 16.4. The molecule has 0 bridgehead atoms. The number of likely N-dealkylation sites (tertiary alicyclic amines) is 1. The lowest BCUT2D eigenvalue weighted by Crippen LogP contribution is -2.38. The lowest BCUT2D eigenvalue weighted by Gasteiger charge is -2.32. The van der Waals surface area contributed by atoms with Crippen molar-refractivity contribution in [2.24, 2.45) is 0 Å². The monoisotopic (exact) mass is 419 g/mol. The molecule has 0 atom stereocenters. The van der Waals surface area contributed by atoms with Gasteiger partial charge in [0.25, 0.3) is 0 Å². The van der Waals surface area contributed by atoms with Crippen LogP contribution in [0.2, 0.25) is 5.02 Å². The first-order valence-electron chi connectivity index (χ1n) is 8.40. The SMILES string of the molecule is Clc1ccc(CN2CCC(Nc3ncnn4c(Br)ccc34)CC2)cc1. The van der Waals surface area contributed by atoms with Crippen LogP contribution in [0.3, 0.4) is 0 Å². The molecule has 1 aliphatic heterocycles. The standard InChI is InChI=1S/C18H19BrClN5/c19-17-6-5-16-18(21-12-22-25(16)17)23-15-7-9-24(10-8-15)11-13-1-3-14(20)4-2-13/h1-6,12,15H,7-11H2,(H,21,22,23). The number of fused-ring (bicyclic) bond motifs is 1. The predicted molar refractivity (Wildman–Crippen MR) is 104 cm³/mol. The molecule has 130 valence electrons. The third-order valence-electron chi connectivity index (χ3n) is 4.65. The van der Waals surface area contributed by atoms with E-state index in [1.54, 1.807) is 6.33 Å². The molecule has 0 saturated carbocycles. The summed E-state index contributed by atoms with van der Waals surface area (Å²) in [6, 6.07) is 12.6. The zero-order valence-electron chi connectivity index (χ0n) is 13.7. The smallest absolute Gasteiger partial charge is 0.154 e. The van der Waals surface area contributed by atoms with Crippen molar-refractivity contribution in [3.8, 4) is 0 Å². The second-order valence-electron chi connectivity index (χ2n) is 6.38. The van der Waals surface area contributed by atoms with Gasteiger partial charge in [0.1, 0.15) is 16.4 Å². The van der Waals surface area contributed by atoms with E-state index in [4.69, 9.17) is 11.6 Å². The summed E-state index contributed by atoms with van der Waals surface area (Å²) in [6.45, 7) is 3.13. The Morgan fingerprint density at radius 3 is 2.64 bits per heavy atom. The van der Waals surface area contributed by atoms with E-state index in [0.717, 1.165) is 53.4 Å². The van der Waals surface area contributed by atoms with Crippen LogP contribution in [-0.4, -0.2) is 38.6 Å². The minimum absolute atomic E-state index is 0.439. The summed E-state index contributed by atoms with van der Waals surface area (Å²) in [5.41, 5.74) is 2.31. The summed E-state index contributed by atoms with van der Waals surface area (Å²) in [6.07, 6.45) is 3.80. The highest BCUT2D eigenvalue weighted by molar-refractivity contribution is 9.10. The van der Waals surface area contributed by atoms with Crippen molar-refractivity contribution in [2.45, 2.75) is 25.4 Å². The molecule has 5 nitrogen and oxygen atoms in total. The Morgan fingerprint density at radius 1 is 1.12 bits per heavy atom. The average molecular weight is 421 g/mol. The summed E-state index contributed by atoms with van der Waals surface area (Å²) < 4.78 is 2.79. The number of hydrogen-bond acceptors (Lipinski definition) is 4. The lowest BCUT2D eigenvalue weighted by atomic mass is 10.0. The predicted octanol–water partition coefficient (Wildman–Crippen LogP) is 4.22. The average Bonchev–Trinajstić information content (AvgIpc) is 3.01. The van der Waals surface area contributed by atoms with Gasteiger partial charge < -0.3 is 5.32 Å². The number of hydrogen-bond donors (Lipinski definition) is 1. The quantitative estimate of drug-likeness (QED) is 0.686. The Kier molecular flexibility index (Phi) is 4.92. The highest BCUT2D eigenvalue weighted by Crippen LogP contribution is 2.23. The van der Waals surface area contributed by atoms with Gasteiger partial charge in [-0.2, -0.15) is 5.10 Å². The summed E-state index contributed by atoms with van der Waals surface area (Å²) in [5.74, 6) is 0.900. The molecule has 7 heteroatoms. The van der Waals surface area contributed by atoms with E-state index in [1.807, 2.05) is 28.8 Å². The van der Waals surface area contributed by atoms with Crippen LogP contribution in [0.15, 0.2) is 47.3 Å². The molecule has 0 unspecified atom stereocenters. The number of anilines is 1. The minimum Gasteiger partial charge on any atom is -0.365 e. The maximum Gasteiger partial charge on any atom is 0.154 e. The maximum atomic E-state index is 5.96. The second-order valence-corrected chi connectivity index (χ2v) is 7.63. The highest BCUT2D eigenvalue weighted by atomic mass is 79.9. The largest absolute Gasteiger partial charge is 0.365 e. The fourth-order valence-electron chi connectivity index (χ4n) is 3.29. The van der Waals surface area contributed by atoms with E-state index in [2.05, 4.69) is 48.4 Å². The van der Waals surface area contributed by atoms with Crippen molar-refractivity contribution in [3.05, 3.63) is 57.9 Å². The van der Waals surface area contributed by atoms with E-state index in [-0.39, 0.29) is 0 Å². The molecule has 3 heterocycles. The highest BCUT2D eigenvalue weighted by Gasteiger charge is 2.20. The van der Waals surface area contributed by atoms with E-state index in [1.165, 1.54) is 5.56 Å². The molecule has 0 amide bonds. The van der Waals surface area contributed by atoms with Gasteiger partial charge in [-0.15, -0.1) is 0 Å². The van der Waals surface area contributed by atoms with E-state index in [9.17, 15) is 0 Å². The zero-order valence-corrected chi connectivity index (χ0v) is 16.0. The molecule has 2 aromatic heterocycles. The molecule has 0 aliphatic carbocycles. The topological polar surface area (TPSA) is 45.5 Å². The minimum atomic E-state index is 0.439. The summed E-state index contributed by atoms with van der Waals surface area (Å²) in [7, 11) is 0. The van der Waals surface area contributed by atoms with E-state index in [0.29, 0.717) is 6.04 Å². The van der Waals surface area contributed by atoms with Gasteiger partial charge in [0.2, 0.25) is 0 Å².